The standard InChI is InChI=1S/C14H22N4O4/c1-9-13(21)15-7-5-12(20)18-8-2-3-10(18)14(22)16-6-4-11(19)17-9/h9-10H,2-8H2,1H3,(H,15,21)(H,16,22)(H,17,19)/t9-,10-/m0/s1. The number of carbonyl (C=O) groups excluding carboxylic acids is 4. The predicted octanol–water partition coefficient (Wildman–Crippen LogP) is -1.49. The van der Waals surface area contributed by atoms with E-state index in [1.165, 1.54) is 0 Å². The Kier molecular flexibility index (Phi) is 5.35. The van der Waals surface area contributed by atoms with Gasteiger partial charge in [0.2, 0.25) is 23.6 Å². The van der Waals surface area contributed by atoms with Gasteiger partial charge in [-0.25, -0.2) is 0 Å². The summed E-state index contributed by atoms with van der Waals surface area (Å²) in [5.74, 6) is -0.959. The molecule has 0 saturated carbocycles. The lowest BCUT2D eigenvalue weighted by Crippen LogP contribution is -2.50. The maximum atomic E-state index is 12.2. The van der Waals surface area contributed by atoms with Gasteiger partial charge in [-0.2, -0.15) is 0 Å². The number of carbonyl (C=O) groups is 4. The van der Waals surface area contributed by atoms with Crippen LogP contribution in [0.4, 0.5) is 0 Å². The lowest BCUT2D eigenvalue weighted by atomic mass is 10.2. The second-order valence-electron chi connectivity index (χ2n) is 5.62. The van der Waals surface area contributed by atoms with E-state index >= 15 is 0 Å². The highest BCUT2D eigenvalue weighted by molar-refractivity contribution is 5.90. The molecule has 8 heteroatoms. The third-order valence-corrected chi connectivity index (χ3v) is 3.94. The molecular weight excluding hydrogens is 288 g/mol. The number of hydrogen-bond acceptors (Lipinski definition) is 4. The zero-order chi connectivity index (χ0) is 16.1. The second kappa shape index (κ2) is 7.24. The molecule has 0 unspecified atom stereocenters. The van der Waals surface area contributed by atoms with E-state index in [2.05, 4.69) is 16.0 Å². The molecule has 0 aromatic heterocycles. The van der Waals surface area contributed by atoms with Crippen molar-refractivity contribution >= 4 is 23.6 Å². The van der Waals surface area contributed by atoms with Gasteiger partial charge < -0.3 is 20.9 Å². The molecule has 2 aliphatic heterocycles. The van der Waals surface area contributed by atoms with Crippen LogP contribution in [0.25, 0.3) is 0 Å². The fourth-order valence-electron chi connectivity index (χ4n) is 2.72. The minimum atomic E-state index is -0.666. The minimum Gasteiger partial charge on any atom is -0.354 e. The van der Waals surface area contributed by atoms with Crippen molar-refractivity contribution in [3.63, 3.8) is 0 Å². The fourth-order valence-corrected chi connectivity index (χ4v) is 2.72. The van der Waals surface area contributed by atoms with E-state index in [0.717, 1.165) is 6.42 Å². The van der Waals surface area contributed by atoms with Crippen molar-refractivity contribution in [1.82, 2.24) is 20.9 Å². The van der Waals surface area contributed by atoms with Crippen LogP contribution in [0.3, 0.4) is 0 Å². The molecule has 8 nitrogen and oxygen atoms in total. The molecule has 0 bridgehead atoms. The van der Waals surface area contributed by atoms with Gasteiger partial charge in [0.15, 0.2) is 0 Å². The Morgan fingerprint density at radius 2 is 1.68 bits per heavy atom. The van der Waals surface area contributed by atoms with Gasteiger partial charge in [0.05, 0.1) is 0 Å². The number of amides is 4. The van der Waals surface area contributed by atoms with E-state index in [0.29, 0.717) is 13.0 Å². The number of rotatable bonds is 0. The van der Waals surface area contributed by atoms with Crippen LogP contribution in [-0.4, -0.2) is 60.2 Å². The quantitative estimate of drug-likeness (QED) is 0.506. The van der Waals surface area contributed by atoms with Gasteiger partial charge in [0.25, 0.3) is 0 Å². The van der Waals surface area contributed by atoms with Crippen LogP contribution in [0.1, 0.15) is 32.6 Å². The third-order valence-electron chi connectivity index (χ3n) is 3.94. The maximum absolute atomic E-state index is 12.2. The summed E-state index contributed by atoms with van der Waals surface area (Å²) in [6, 6.07) is -1.13. The third kappa shape index (κ3) is 3.96. The molecule has 0 aliphatic carbocycles. The Labute approximate surface area is 129 Å². The van der Waals surface area contributed by atoms with Crippen molar-refractivity contribution in [2.45, 2.75) is 44.7 Å². The molecular formula is C14H22N4O4. The van der Waals surface area contributed by atoms with E-state index in [4.69, 9.17) is 0 Å². The molecule has 0 radical (unpaired) electrons. The molecule has 2 atom stereocenters. The molecule has 2 saturated heterocycles. The van der Waals surface area contributed by atoms with Gasteiger partial charge >= 0.3 is 0 Å². The molecule has 22 heavy (non-hydrogen) atoms. The van der Waals surface area contributed by atoms with E-state index in [-0.39, 0.29) is 49.6 Å². The molecule has 2 rings (SSSR count). The highest BCUT2D eigenvalue weighted by atomic mass is 16.2. The number of hydrogen-bond donors (Lipinski definition) is 3. The summed E-state index contributed by atoms with van der Waals surface area (Å²) in [6.07, 6.45) is 1.67. The van der Waals surface area contributed by atoms with Crippen molar-refractivity contribution in [1.29, 1.82) is 0 Å². The minimum absolute atomic E-state index is 0.101. The summed E-state index contributed by atoms with van der Waals surface area (Å²) in [5, 5.41) is 7.88. The van der Waals surface area contributed by atoms with E-state index in [1.54, 1.807) is 11.8 Å². The molecule has 0 aromatic carbocycles. The van der Waals surface area contributed by atoms with Crippen molar-refractivity contribution in [3.05, 3.63) is 0 Å². The van der Waals surface area contributed by atoms with Crippen LogP contribution in [-0.2, 0) is 19.2 Å². The summed E-state index contributed by atoms with van der Waals surface area (Å²) in [6.45, 7) is 2.53. The predicted molar refractivity (Wildman–Crippen MR) is 77.6 cm³/mol. The smallest absolute Gasteiger partial charge is 0.242 e. The monoisotopic (exact) mass is 310 g/mol. The highest BCUT2D eigenvalue weighted by Crippen LogP contribution is 2.18. The highest BCUT2D eigenvalue weighted by Gasteiger charge is 2.33. The van der Waals surface area contributed by atoms with Crippen molar-refractivity contribution in [2.24, 2.45) is 0 Å². The lowest BCUT2D eigenvalue weighted by molar-refractivity contribution is -0.138. The normalized spacial score (nSPS) is 28.3. The summed E-state index contributed by atoms with van der Waals surface area (Å²) >= 11 is 0. The number of nitrogens with one attached hydrogen (secondary N) is 3. The number of fused-ring (bicyclic) bond motifs is 1. The van der Waals surface area contributed by atoms with Crippen LogP contribution in [0.2, 0.25) is 0 Å². The van der Waals surface area contributed by atoms with Gasteiger partial charge in [-0.3, -0.25) is 19.2 Å². The molecule has 2 aliphatic rings. The Balaban J connectivity index is 2.05. The summed E-state index contributed by atoms with van der Waals surface area (Å²) in [7, 11) is 0. The fraction of sp³-hybridized carbons (Fsp3) is 0.714. The first-order chi connectivity index (χ1) is 10.5. The Morgan fingerprint density at radius 3 is 2.45 bits per heavy atom. The van der Waals surface area contributed by atoms with Crippen molar-refractivity contribution in [3.8, 4) is 0 Å². The Hall–Kier alpha value is -2.12. The zero-order valence-corrected chi connectivity index (χ0v) is 12.7. The topological polar surface area (TPSA) is 108 Å². The van der Waals surface area contributed by atoms with Gasteiger partial charge in [-0.15, -0.1) is 0 Å². The first-order valence-corrected chi connectivity index (χ1v) is 7.63. The molecule has 2 fully saturated rings. The maximum Gasteiger partial charge on any atom is 0.242 e. The molecule has 0 spiro atoms. The molecule has 4 amide bonds. The SMILES string of the molecule is C[C@@H]1NC(=O)CCNC(=O)[C@@H]2CCCN2C(=O)CCNC1=O. The number of nitrogens with zero attached hydrogens (tertiary/aromatic N) is 1. The second-order valence-corrected chi connectivity index (χ2v) is 5.62. The van der Waals surface area contributed by atoms with E-state index in [9.17, 15) is 19.2 Å². The van der Waals surface area contributed by atoms with Gasteiger partial charge in [-0.1, -0.05) is 0 Å². The largest absolute Gasteiger partial charge is 0.354 e. The first-order valence-electron chi connectivity index (χ1n) is 7.63. The molecule has 0 aromatic rings. The van der Waals surface area contributed by atoms with Crippen LogP contribution < -0.4 is 16.0 Å². The first kappa shape index (κ1) is 16.3. The Bertz CT molecular complexity index is 479. The van der Waals surface area contributed by atoms with Gasteiger partial charge in [0, 0.05) is 32.5 Å². The van der Waals surface area contributed by atoms with E-state index in [1.807, 2.05) is 0 Å². The van der Waals surface area contributed by atoms with E-state index < -0.39 is 12.1 Å². The Morgan fingerprint density at radius 1 is 1.00 bits per heavy atom. The van der Waals surface area contributed by atoms with Crippen LogP contribution in [0.5, 0.6) is 0 Å². The zero-order valence-electron chi connectivity index (χ0n) is 12.7. The average molecular weight is 310 g/mol. The van der Waals surface area contributed by atoms with Crippen LogP contribution in [0, 0.1) is 0 Å². The van der Waals surface area contributed by atoms with Crippen LogP contribution >= 0.6 is 0 Å². The summed E-state index contributed by atoms with van der Waals surface area (Å²) < 4.78 is 0. The summed E-state index contributed by atoms with van der Waals surface area (Å²) in [4.78, 5) is 49.4. The molecule has 2 heterocycles. The van der Waals surface area contributed by atoms with Gasteiger partial charge in [-0.05, 0) is 19.8 Å². The van der Waals surface area contributed by atoms with Crippen LogP contribution in [0.15, 0.2) is 0 Å². The van der Waals surface area contributed by atoms with Crippen molar-refractivity contribution < 1.29 is 19.2 Å². The average Bonchev–Trinajstić information content (AvgIpc) is 2.95. The lowest BCUT2D eigenvalue weighted by Gasteiger charge is -2.24. The van der Waals surface area contributed by atoms with Crippen molar-refractivity contribution in [2.75, 3.05) is 19.6 Å². The molecule has 122 valence electrons. The summed E-state index contributed by atoms with van der Waals surface area (Å²) in [5.41, 5.74) is 0. The molecule has 3 N–H and O–H groups in total. The van der Waals surface area contributed by atoms with Gasteiger partial charge in [0.1, 0.15) is 12.1 Å².